The Kier molecular flexibility index (Phi) is 8.35. The number of carbonyl (C=O) groups is 1. The van der Waals surface area contributed by atoms with Gasteiger partial charge in [-0.05, 0) is 24.1 Å². The summed E-state index contributed by atoms with van der Waals surface area (Å²) < 4.78 is 46.0. The third kappa shape index (κ3) is 6.87. The number of alkyl halides is 3. The minimum absolute atomic E-state index is 0.289. The second kappa shape index (κ2) is 10.8. The van der Waals surface area contributed by atoms with Crippen LogP contribution in [0.25, 0.3) is 22.2 Å². The molecule has 37 heavy (non-hydrogen) atoms. The number of hydrogen-bond acceptors (Lipinski definition) is 6. The lowest BCUT2D eigenvalue weighted by Crippen LogP contribution is -2.56. The van der Waals surface area contributed by atoms with Crippen molar-refractivity contribution in [2.24, 2.45) is 11.7 Å². The minimum Gasteiger partial charge on any atom is -0.397 e. The van der Waals surface area contributed by atoms with Gasteiger partial charge in [-0.25, -0.2) is 4.98 Å². The van der Waals surface area contributed by atoms with E-state index >= 15 is 0 Å². The first-order chi connectivity index (χ1) is 17.1. The number of fused-ring (bicyclic) bond motifs is 1. The van der Waals surface area contributed by atoms with Crippen molar-refractivity contribution < 1.29 is 22.7 Å². The monoisotopic (exact) mass is 536 g/mol. The van der Waals surface area contributed by atoms with Crippen molar-refractivity contribution in [1.29, 1.82) is 0 Å². The largest absolute Gasteiger partial charge is 0.405 e. The van der Waals surface area contributed by atoms with E-state index in [1.807, 2.05) is 16.1 Å². The van der Waals surface area contributed by atoms with Gasteiger partial charge in [-0.3, -0.25) is 9.78 Å². The molecule has 202 valence electrons. The number of nitrogens with two attached hydrogens (primary N) is 2. The van der Waals surface area contributed by atoms with Crippen LogP contribution in [0.5, 0.6) is 0 Å². The predicted octanol–water partition coefficient (Wildman–Crippen LogP) is 4.48. The summed E-state index contributed by atoms with van der Waals surface area (Å²) in [5, 5.41) is 2.67. The maximum absolute atomic E-state index is 12.9. The van der Waals surface area contributed by atoms with Crippen molar-refractivity contribution in [3.63, 3.8) is 0 Å². The zero-order chi connectivity index (χ0) is 27.6. The van der Waals surface area contributed by atoms with Crippen LogP contribution in [-0.2, 0) is 21.8 Å². The second-order valence-corrected chi connectivity index (χ2v) is 16.4. The van der Waals surface area contributed by atoms with Gasteiger partial charge < -0.3 is 26.1 Å². The molecule has 5 N–H and O–H groups in total. The zero-order valence-electron chi connectivity index (χ0n) is 21.8. The lowest BCUT2D eigenvalue weighted by molar-refractivity contribution is -0.143. The van der Waals surface area contributed by atoms with Crippen molar-refractivity contribution in [1.82, 2.24) is 19.9 Å². The van der Waals surface area contributed by atoms with E-state index in [9.17, 15) is 18.0 Å². The SMILES string of the molecule is CC(C)[C@](N)(C(=O)NCC(F)(F)F)c1cncc(-c2cn(COCC[Si](C)(C)C)c3ncc(N)cc23)c1. The van der Waals surface area contributed by atoms with E-state index in [0.29, 0.717) is 29.1 Å². The number of aromatic nitrogens is 3. The van der Waals surface area contributed by atoms with Crippen molar-refractivity contribution in [2.75, 3.05) is 18.9 Å². The van der Waals surface area contributed by atoms with Gasteiger partial charge in [0.15, 0.2) is 0 Å². The quantitative estimate of drug-likeness (QED) is 0.260. The van der Waals surface area contributed by atoms with Crippen LogP contribution in [0, 0.1) is 5.92 Å². The summed E-state index contributed by atoms with van der Waals surface area (Å²) >= 11 is 0. The molecule has 12 heteroatoms. The van der Waals surface area contributed by atoms with E-state index in [4.69, 9.17) is 16.2 Å². The number of nitrogen functional groups attached to an aromatic ring is 1. The summed E-state index contributed by atoms with van der Waals surface area (Å²) in [5.41, 5.74) is 13.5. The van der Waals surface area contributed by atoms with Crippen LogP contribution >= 0.6 is 0 Å². The molecule has 1 atom stereocenters. The molecule has 0 saturated carbocycles. The number of ether oxygens (including phenoxy) is 1. The number of nitrogens with zero attached hydrogens (tertiary/aromatic N) is 3. The van der Waals surface area contributed by atoms with E-state index in [-0.39, 0.29) is 6.73 Å². The molecular formula is C25H35F3N6O2Si. The van der Waals surface area contributed by atoms with Gasteiger partial charge in [0, 0.05) is 55.3 Å². The standard InChI is InChI=1S/C25H35F3N6O2Si/c1-16(2)25(30,23(35)33-14-24(26,27)28)18-8-17(10-31-11-18)21-13-34(15-36-6-7-37(3,4)5)22-20(21)9-19(29)12-32-22/h8-13,16H,6-7,14-15,29-30H2,1-5H3,(H,33,35)/t25-/m1/s1. The van der Waals surface area contributed by atoms with Gasteiger partial charge in [-0.1, -0.05) is 33.5 Å². The van der Waals surface area contributed by atoms with Crippen molar-refractivity contribution in [2.45, 2.75) is 58.0 Å². The maximum Gasteiger partial charge on any atom is 0.405 e. The Hall–Kier alpha value is -2.96. The van der Waals surface area contributed by atoms with Crippen LogP contribution in [0.15, 0.2) is 36.9 Å². The highest BCUT2D eigenvalue weighted by atomic mass is 28.3. The van der Waals surface area contributed by atoms with Crippen molar-refractivity contribution in [3.8, 4) is 11.1 Å². The summed E-state index contributed by atoms with van der Waals surface area (Å²) in [6.45, 7) is 9.64. The first-order valence-electron chi connectivity index (χ1n) is 12.0. The van der Waals surface area contributed by atoms with Crippen molar-refractivity contribution >= 4 is 30.7 Å². The highest BCUT2D eigenvalue weighted by Gasteiger charge is 2.41. The number of rotatable bonds is 10. The van der Waals surface area contributed by atoms with Crippen LogP contribution < -0.4 is 16.8 Å². The number of pyridine rings is 2. The van der Waals surface area contributed by atoms with Crippen LogP contribution in [-0.4, -0.2) is 47.8 Å². The van der Waals surface area contributed by atoms with Gasteiger partial charge in [0.25, 0.3) is 0 Å². The van der Waals surface area contributed by atoms with Gasteiger partial charge >= 0.3 is 6.18 Å². The average molecular weight is 537 g/mol. The molecular weight excluding hydrogens is 501 g/mol. The first-order valence-corrected chi connectivity index (χ1v) is 15.7. The molecule has 0 saturated heterocycles. The van der Waals surface area contributed by atoms with Crippen LogP contribution in [0.1, 0.15) is 19.4 Å². The zero-order valence-corrected chi connectivity index (χ0v) is 22.8. The fourth-order valence-electron chi connectivity index (χ4n) is 3.92. The number of halogens is 3. The number of carbonyl (C=O) groups excluding carboxylic acids is 1. The molecule has 3 heterocycles. The van der Waals surface area contributed by atoms with Gasteiger partial charge in [0.1, 0.15) is 24.5 Å². The highest BCUT2D eigenvalue weighted by Crippen LogP contribution is 2.34. The lowest BCUT2D eigenvalue weighted by Gasteiger charge is -2.32. The molecule has 1 amide bonds. The molecule has 0 unspecified atom stereocenters. The molecule has 0 aliphatic rings. The lowest BCUT2D eigenvalue weighted by atomic mass is 9.80. The third-order valence-corrected chi connectivity index (χ3v) is 7.93. The van der Waals surface area contributed by atoms with Crippen LogP contribution in [0.3, 0.4) is 0 Å². The molecule has 0 fully saturated rings. The Balaban J connectivity index is 1.99. The average Bonchev–Trinajstić information content (AvgIpc) is 3.16. The van der Waals surface area contributed by atoms with Gasteiger partial charge in [-0.2, -0.15) is 13.2 Å². The Bertz CT molecular complexity index is 1260. The van der Waals surface area contributed by atoms with Crippen molar-refractivity contribution in [3.05, 3.63) is 42.5 Å². The Morgan fingerprint density at radius 3 is 2.51 bits per heavy atom. The Morgan fingerprint density at radius 1 is 1.19 bits per heavy atom. The molecule has 8 nitrogen and oxygen atoms in total. The molecule has 3 aromatic heterocycles. The first kappa shape index (κ1) is 28.6. The number of hydrogen-bond donors (Lipinski definition) is 3. The molecule has 0 radical (unpaired) electrons. The number of nitrogens with one attached hydrogen (secondary N) is 1. The number of anilines is 1. The predicted molar refractivity (Wildman–Crippen MR) is 141 cm³/mol. The second-order valence-electron chi connectivity index (χ2n) is 10.8. The van der Waals surface area contributed by atoms with E-state index in [2.05, 4.69) is 29.6 Å². The van der Waals surface area contributed by atoms with E-state index in [0.717, 1.165) is 17.0 Å². The Morgan fingerprint density at radius 2 is 1.89 bits per heavy atom. The normalized spacial score (nSPS) is 14.2. The van der Waals surface area contributed by atoms with Crippen LogP contribution in [0.4, 0.5) is 18.9 Å². The molecule has 0 bridgehead atoms. The smallest absolute Gasteiger partial charge is 0.397 e. The van der Waals surface area contributed by atoms with Gasteiger partial charge in [0.2, 0.25) is 5.91 Å². The summed E-state index contributed by atoms with van der Waals surface area (Å²) in [6, 6.07) is 4.49. The highest BCUT2D eigenvalue weighted by molar-refractivity contribution is 6.76. The Labute approximate surface area is 215 Å². The molecule has 0 spiro atoms. The molecule has 0 aromatic carbocycles. The summed E-state index contributed by atoms with van der Waals surface area (Å²) in [7, 11) is -1.25. The third-order valence-electron chi connectivity index (χ3n) is 6.22. The fourth-order valence-corrected chi connectivity index (χ4v) is 4.68. The molecule has 0 aliphatic heterocycles. The number of amides is 1. The van der Waals surface area contributed by atoms with E-state index < -0.39 is 38.2 Å². The summed E-state index contributed by atoms with van der Waals surface area (Å²) in [4.78, 5) is 21.6. The minimum atomic E-state index is -4.56. The summed E-state index contributed by atoms with van der Waals surface area (Å²) in [5.74, 6) is -1.45. The maximum atomic E-state index is 12.9. The van der Waals surface area contributed by atoms with E-state index in [1.54, 1.807) is 38.4 Å². The van der Waals surface area contributed by atoms with Gasteiger partial charge in [0.05, 0.1) is 11.9 Å². The fraction of sp³-hybridized carbons (Fsp3) is 0.480. The van der Waals surface area contributed by atoms with E-state index in [1.165, 1.54) is 6.20 Å². The molecule has 3 aromatic rings. The summed E-state index contributed by atoms with van der Waals surface area (Å²) in [6.07, 6.45) is 1.88. The van der Waals surface area contributed by atoms with Crippen LogP contribution in [0.2, 0.25) is 25.7 Å². The topological polar surface area (TPSA) is 121 Å². The molecule has 3 rings (SSSR count). The van der Waals surface area contributed by atoms with Gasteiger partial charge in [-0.15, -0.1) is 0 Å². The molecule has 0 aliphatic carbocycles.